The molecule has 0 aromatic rings. The van der Waals surface area contributed by atoms with Crippen molar-refractivity contribution in [2.24, 2.45) is 11.3 Å². The van der Waals surface area contributed by atoms with Crippen molar-refractivity contribution in [3.8, 4) is 0 Å². The summed E-state index contributed by atoms with van der Waals surface area (Å²) in [6.45, 7) is 10.5. The molecule has 0 aliphatic rings. The summed E-state index contributed by atoms with van der Waals surface area (Å²) in [5.41, 5.74) is -1.86. The Kier molecular flexibility index (Phi) is 11.4. The minimum Gasteiger partial charge on any atom is -0.466 e. The molecule has 0 rings (SSSR count). The fourth-order valence-electron chi connectivity index (χ4n) is 2.86. The Bertz CT molecular complexity index is 599. The van der Waals surface area contributed by atoms with Crippen molar-refractivity contribution >= 4 is 23.9 Å². The van der Waals surface area contributed by atoms with E-state index < -0.39 is 35.0 Å². The first kappa shape index (κ1) is 27.7. The topological polar surface area (TPSA) is 111 Å². The average molecular weight is 431 g/mol. The average Bonchev–Trinajstić information content (AvgIpc) is 2.61. The number of esters is 2. The molecule has 0 aliphatic carbocycles. The molecular weight excluding hydrogens is 392 g/mol. The summed E-state index contributed by atoms with van der Waals surface area (Å²) in [6, 6.07) is 0. The SMILES string of the molecule is CCOC(=O)CC(C)(CC(CC)C(=O)N(C)C)C(=O)OCCNC(=O)OC(C)(C)C. The Hall–Kier alpha value is -2.32. The number of amides is 2. The number of rotatable bonds is 11. The zero-order valence-corrected chi connectivity index (χ0v) is 19.6. The van der Waals surface area contributed by atoms with Crippen molar-refractivity contribution in [1.82, 2.24) is 10.2 Å². The normalized spacial score (nSPS) is 14.1. The van der Waals surface area contributed by atoms with Crippen LogP contribution in [0.25, 0.3) is 0 Å². The number of carbonyl (C=O) groups is 4. The molecule has 1 N–H and O–H groups in total. The summed E-state index contributed by atoms with van der Waals surface area (Å²) < 4.78 is 15.4. The van der Waals surface area contributed by atoms with Gasteiger partial charge in [-0.05, 0) is 47.5 Å². The Morgan fingerprint density at radius 1 is 1.00 bits per heavy atom. The number of hydrogen-bond acceptors (Lipinski definition) is 7. The molecule has 30 heavy (non-hydrogen) atoms. The van der Waals surface area contributed by atoms with Gasteiger partial charge >= 0.3 is 18.0 Å². The Morgan fingerprint density at radius 3 is 2.07 bits per heavy atom. The Balaban J connectivity index is 5.09. The highest BCUT2D eigenvalue weighted by atomic mass is 16.6. The maximum atomic E-state index is 12.8. The lowest BCUT2D eigenvalue weighted by atomic mass is 9.77. The number of ether oxygens (including phenoxy) is 3. The molecule has 0 aliphatic heterocycles. The van der Waals surface area contributed by atoms with Crippen LogP contribution in [0, 0.1) is 11.3 Å². The summed E-state index contributed by atoms with van der Waals surface area (Å²) in [5.74, 6) is -1.71. The van der Waals surface area contributed by atoms with Crippen LogP contribution in [-0.4, -0.2) is 68.3 Å². The zero-order chi connectivity index (χ0) is 23.5. The van der Waals surface area contributed by atoms with Crippen LogP contribution in [0.2, 0.25) is 0 Å². The van der Waals surface area contributed by atoms with Crippen LogP contribution < -0.4 is 5.32 Å². The highest BCUT2D eigenvalue weighted by Gasteiger charge is 2.41. The molecule has 0 aromatic heterocycles. The second-order valence-corrected chi connectivity index (χ2v) is 8.65. The maximum absolute atomic E-state index is 12.8. The van der Waals surface area contributed by atoms with E-state index in [-0.39, 0.29) is 38.5 Å². The van der Waals surface area contributed by atoms with Crippen LogP contribution in [0.4, 0.5) is 4.79 Å². The molecule has 0 aromatic carbocycles. The summed E-state index contributed by atoms with van der Waals surface area (Å²) in [5, 5.41) is 2.50. The van der Waals surface area contributed by atoms with Gasteiger partial charge in [0, 0.05) is 20.0 Å². The third kappa shape index (κ3) is 10.5. The third-order valence-corrected chi connectivity index (χ3v) is 4.32. The van der Waals surface area contributed by atoms with E-state index in [1.807, 2.05) is 6.92 Å². The first-order valence-electron chi connectivity index (χ1n) is 10.3. The highest BCUT2D eigenvalue weighted by Crippen LogP contribution is 2.34. The van der Waals surface area contributed by atoms with E-state index in [2.05, 4.69) is 5.32 Å². The van der Waals surface area contributed by atoms with Crippen molar-refractivity contribution in [3.63, 3.8) is 0 Å². The quantitative estimate of drug-likeness (QED) is 0.304. The molecule has 0 bridgehead atoms. The van der Waals surface area contributed by atoms with Gasteiger partial charge in [0.2, 0.25) is 5.91 Å². The standard InChI is InChI=1S/C21H38N2O7/c1-9-15(17(25)23(7)8)13-21(6,14-16(24)28-10-2)18(26)29-12-11-22-19(27)30-20(3,4)5/h15H,9-14H2,1-8H3,(H,22,27). The van der Waals surface area contributed by atoms with Crippen LogP contribution in [0.15, 0.2) is 0 Å². The molecular formula is C21H38N2O7. The van der Waals surface area contributed by atoms with Crippen molar-refractivity contribution in [1.29, 1.82) is 0 Å². The molecule has 0 saturated carbocycles. The number of nitrogens with one attached hydrogen (secondary N) is 1. The lowest BCUT2D eigenvalue weighted by Gasteiger charge is -2.31. The van der Waals surface area contributed by atoms with Gasteiger partial charge in [0.1, 0.15) is 12.2 Å². The molecule has 9 heteroatoms. The van der Waals surface area contributed by atoms with Gasteiger partial charge in [0.15, 0.2) is 0 Å². The zero-order valence-electron chi connectivity index (χ0n) is 19.6. The first-order valence-corrected chi connectivity index (χ1v) is 10.3. The fourth-order valence-corrected chi connectivity index (χ4v) is 2.86. The predicted octanol–water partition coefficient (Wildman–Crippen LogP) is 2.52. The lowest BCUT2D eigenvalue weighted by molar-refractivity contribution is -0.163. The summed E-state index contributed by atoms with van der Waals surface area (Å²) in [6.07, 6.45) is -0.146. The van der Waals surface area contributed by atoms with Gasteiger partial charge in [0.05, 0.1) is 25.0 Å². The monoisotopic (exact) mass is 430 g/mol. The van der Waals surface area contributed by atoms with Crippen LogP contribution in [0.3, 0.4) is 0 Å². The molecule has 0 heterocycles. The highest BCUT2D eigenvalue weighted by molar-refractivity contribution is 5.85. The minimum atomic E-state index is -1.23. The van der Waals surface area contributed by atoms with E-state index in [0.29, 0.717) is 6.42 Å². The largest absolute Gasteiger partial charge is 0.466 e. The van der Waals surface area contributed by atoms with E-state index in [4.69, 9.17) is 14.2 Å². The van der Waals surface area contributed by atoms with Crippen LogP contribution in [0.1, 0.15) is 60.8 Å². The van der Waals surface area contributed by atoms with Gasteiger partial charge in [0.25, 0.3) is 0 Å². The van der Waals surface area contributed by atoms with Gasteiger partial charge in [-0.3, -0.25) is 14.4 Å². The van der Waals surface area contributed by atoms with Gasteiger partial charge in [-0.25, -0.2) is 4.79 Å². The molecule has 174 valence electrons. The first-order chi connectivity index (χ1) is 13.8. The van der Waals surface area contributed by atoms with Gasteiger partial charge in [-0.15, -0.1) is 0 Å². The number of nitrogens with zero attached hydrogens (tertiary/aromatic N) is 1. The van der Waals surface area contributed by atoms with E-state index in [1.165, 1.54) is 4.90 Å². The third-order valence-electron chi connectivity index (χ3n) is 4.32. The van der Waals surface area contributed by atoms with E-state index in [0.717, 1.165) is 0 Å². The van der Waals surface area contributed by atoms with Gasteiger partial charge in [-0.1, -0.05) is 6.92 Å². The smallest absolute Gasteiger partial charge is 0.407 e. The molecule has 9 nitrogen and oxygen atoms in total. The number of hydrogen-bond donors (Lipinski definition) is 1. The predicted molar refractivity (Wildman–Crippen MR) is 112 cm³/mol. The van der Waals surface area contributed by atoms with Crippen molar-refractivity contribution in [3.05, 3.63) is 0 Å². The molecule has 0 fully saturated rings. The minimum absolute atomic E-state index is 0.0595. The van der Waals surface area contributed by atoms with Crippen molar-refractivity contribution in [2.75, 3.05) is 33.9 Å². The summed E-state index contributed by atoms with van der Waals surface area (Å²) in [4.78, 5) is 50.5. The Morgan fingerprint density at radius 2 is 1.60 bits per heavy atom. The second kappa shape index (κ2) is 12.4. The fraction of sp³-hybridized carbons (Fsp3) is 0.810. The lowest BCUT2D eigenvalue weighted by Crippen LogP contribution is -2.40. The number of carbonyl (C=O) groups excluding carboxylic acids is 4. The van der Waals surface area contributed by atoms with Crippen LogP contribution in [0.5, 0.6) is 0 Å². The second-order valence-electron chi connectivity index (χ2n) is 8.65. The summed E-state index contributed by atoms with van der Waals surface area (Å²) >= 11 is 0. The van der Waals surface area contributed by atoms with Crippen LogP contribution in [-0.2, 0) is 28.6 Å². The molecule has 0 radical (unpaired) electrons. The van der Waals surface area contributed by atoms with E-state index >= 15 is 0 Å². The number of alkyl carbamates (subject to hydrolysis) is 1. The summed E-state index contributed by atoms with van der Waals surface area (Å²) in [7, 11) is 3.29. The van der Waals surface area contributed by atoms with Crippen molar-refractivity contribution in [2.45, 2.75) is 66.4 Å². The molecule has 2 atom stereocenters. The van der Waals surface area contributed by atoms with Gasteiger partial charge < -0.3 is 24.4 Å². The van der Waals surface area contributed by atoms with Crippen molar-refractivity contribution < 1.29 is 33.4 Å². The maximum Gasteiger partial charge on any atom is 0.407 e. The van der Waals surface area contributed by atoms with E-state index in [1.54, 1.807) is 48.7 Å². The molecule has 2 amide bonds. The molecule has 2 unspecified atom stereocenters. The van der Waals surface area contributed by atoms with E-state index in [9.17, 15) is 19.2 Å². The molecule has 0 spiro atoms. The van der Waals surface area contributed by atoms with Crippen LogP contribution >= 0.6 is 0 Å². The molecule has 0 saturated heterocycles. The Labute approximate surface area is 179 Å². The van der Waals surface area contributed by atoms with Gasteiger partial charge in [-0.2, -0.15) is 0 Å².